The maximum atomic E-state index is 5.65. The molecule has 0 aromatic carbocycles. The van der Waals surface area contributed by atoms with Crippen LogP contribution in [0.15, 0.2) is 30.7 Å². The van der Waals surface area contributed by atoms with E-state index in [1.54, 1.807) is 12.4 Å². The Balaban J connectivity index is 1.83. The van der Waals surface area contributed by atoms with E-state index in [0.29, 0.717) is 12.5 Å². The number of hydrogen-bond acceptors (Lipinski definition) is 3. The second-order valence-corrected chi connectivity index (χ2v) is 3.94. The smallest absolute Gasteiger partial charge is 0.137 e. The third kappa shape index (κ3) is 3.20. The Bertz CT molecular complexity index is 467. The van der Waals surface area contributed by atoms with E-state index in [-0.39, 0.29) is 0 Å². The van der Waals surface area contributed by atoms with E-state index < -0.39 is 0 Å². The Labute approximate surface area is 105 Å². The fourth-order valence-electron chi connectivity index (χ4n) is 1.47. The molecule has 0 amide bonds. The van der Waals surface area contributed by atoms with Gasteiger partial charge in [-0.1, -0.05) is 0 Å². The Morgan fingerprint density at radius 1 is 1.35 bits per heavy atom. The summed E-state index contributed by atoms with van der Waals surface area (Å²) >= 11 is 5.65. The maximum absolute atomic E-state index is 5.65. The lowest BCUT2D eigenvalue weighted by atomic mass is 10.3. The minimum atomic E-state index is 0.424. The number of imidazole rings is 1. The van der Waals surface area contributed by atoms with E-state index in [2.05, 4.69) is 9.97 Å². The van der Waals surface area contributed by atoms with Gasteiger partial charge in [-0.2, -0.15) is 0 Å². The SMILES string of the molecule is Cn1ccnc1CCOc1ccc(CCl)nc1. The molecule has 90 valence electrons. The minimum absolute atomic E-state index is 0.424. The van der Waals surface area contributed by atoms with Crippen molar-refractivity contribution < 1.29 is 4.74 Å². The maximum Gasteiger partial charge on any atom is 0.137 e. The van der Waals surface area contributed by atoms with Gasteiger partial charge in [-0.3, -0.25) is 4.98 Å². The summed E-state index contributed by atoms with van der Waals surface area (Å²) < 4.78 is 7.56. The van der Waals surface area contributed by atoms with Gasteiger partial charge in [0, 0.05) is 25.9 Å². The molecule has 0 aliphatic rings. The molecule has 2 aromatic heterocycles. The first-order chi connectivity index (χ1) is 8.29. The average molecular weight is 252 g/mol. The molecule has 17 heavy (non-hydrogen) atoms. The van der Waals surface area contributed by atoms with Gasteiger partial charge in [-0.05, 0) is 12.1 Å². The van der Waals surface area contributed by atoms with Crippen LogP contribution in [-0.4, -0.2) is 21.1 Å². The van der Waals surface area contributed by atoms with Gasteiger partial charge in [0.05, 0.1) is 24.4 Å². The molecule has 0 radical (unpaired) electrons. The molecule has 2 aromatic rings. The molecule has 0 unspecified atom stereocenters. The second-order valence-electron chi connectivity index (χ2n) is 3.67. The van der Waals surface area contributed by atoms with Crippen molar-refractivity contribution in [2.45, 2.75) is 12.3 Å². The summed E-state index contributed by atoms with van der Waals surface area (Å²) in [5, 5.41) is 0. The molecule has 0 aliphatic carbocycles. The Hall–Kier alpha value is -1.55. The third-order valence-electron chi connectivity index (χ3n) is 2.45. The molecule has 0 fully saturated rings. The summed E-state index contributed by atoms with van der Waals surface area (Å²) in [6, 6.07) is 3.74. The molecule has 4 nitrogen and oxygen atoms in total. The highest BCUT2D eigenvalue weighted by Crippen LogP contribution is 2.10. The van der Waals surface area contributed by atoms with Crippen molar-refractivity contribution in [3.8, 4) is 5.75 Å². The molecule has 0 spiro atoms. The third-order valence-corrected chi connectivity index (χ3v) is 2.72. The van der Waals surface area contributed by atoms with Crippen LogP contribution in [0.1, 0.15) is 11.5 Å². The van der Waals surface area contributed by atoms with Crippen LogP contribution >= 0.6 is 11.6 Å². The molecule has 5 heteroatoms. The number of ether oxygens (including phenoxy) is 1. The topological polar surface area (TPSA) is 39.9 Å². The monoisotopic (exact) mass is 251 g/mol. The van der Waals surface area contributed by atoms with Gasteiger partial charge in [0.2, 0.25) is 0 Å². The van der Waals surface area contributed by atoms with E-state index in [0.717, 1.165) is 23.7 Å². The van der Waals surface area contributed by atoms with Crippen LogP contribution in [0.25, 0.3) is 0 Å². The molecule has 0 saturated carbocycles. The quantitative estimate of drug-likeness (QED) is 0.765. The number of halogens is 1. The van der Waals surface area contributed by atoms with Gasteiger partial charge < -0.3 is 9.30 Å². The highest BCUT2D eigenvalue weighted by Gasteiger charge is 2.00. The van der Waals surface area contributed by atoms with Gasteiger partial charge in [0.15, 0.2) is 0 Å². The predicted molar refractivity (Wildman–Crippen MR) is 66.2 cm³/mol. The van der Waals surface area contributed by atoms with Gasteiger partial charge in [0.1, 0.15) is 11.6 Å². The van der Waals surface area contributed by atoms with Gasteiger partial charge >= 0.3 is 0 Å². The fourth-order valence-corrected chi connectivity index (χ4v) is 1.63. The molecule has 2 rings (SSSR count). The number of nitrogens with zero attached hydrogens (tertiary/aromatic N) is 3. The van der Waals surface area contributed by atoms with Crippen molar-refractivity contribution in [1.29, 1.82) is 0 Å². The standard InChI is InChI=1S/C12H14ClN3O/c1-16-6-5-14-12(16)4-7-17-11-3-2-10(8-13)15-9-11/h2-3,5-6,9H,4,7-8H2,1H3. The Morgan fingerprint density at radius 3 is 2.82 bits per heavy atom. The van der Waals surface area contributed by atoms with E-state index in [9.17, 15) is 0 Å². The molecular formula is C12H14ClN3O. The number of aromatic nitrogens is 3. The molecular weight excluding hydrogens is 238 g/mol. The summed E-state index contributed by atoms with van der Waals surface area (Å²) in [4.78, 5) is 8.38. The number of rotatable bonds is 5. The zero-order valence-electron chi connectivity index (χ0n) is 9.64. The molecule has 0 aliphatic heterocycles. The first kappa shape index (κ1) is 11.9. The van der Waals surface area contributed by atoms with E-state index in [1.807, 2.05) is 29.9 Å². The van der Waals surface area contributed by atoms with Crippen LogP contribution in [0.3, 0.4) is 0 Å². The van der Waals surface area contributed by atoms with Crippen LogP contribution in [0, 0.1) is 0 Å². The molecule has 0 atom stereocenters. The Morgan fingerprint density at radius 2 is 2.24 bits per heavy atom. The van der Waals surface area contributed by atoms with Crippen LogP contribution in [0.4, 0.5) is 0 Å². The minimum Gasteiger partial charge on any atom is -0.492 e. The van der Waals surface area contributed by atoms with Crippen LogP contribution < -0.4 is 4.74 Å². The highest BCUT2D eigenvalue weighted by atomic mass is 35.5. The molecule has 2 heterocycles. The zero-order valence-corrected chi connectivity index (χ0v) is 10.4. The lowest BCUT2D eigenvalue weighted by Gasteiger charge is -2.06. The summed E-state index contributed by atoms with van der Waals surface area (Å²) in [6.07, 6.45) is 6.18. The lowest BCUT2D eigenvalue weighted by Crippen LogP contribution is -2.06. The average Bonchev–Trinajstić information content (AvgIpc) is 2.76. The first-order valence-corrected chi connectivity index (χ1v) is 5.93. The number of aryl methyl sites for hydroxylation is 1. The van der Waals surface area contributed by atoms with E-state index in [1.165, 1.54) is 0 Å². The second kappa shape index (κ2) is 5.68. The van der Waals surface area contributed by atoms with Crippen LogP contribution in [0.2, 0.25) is 0 Å². The largest absolute Gasteiger partial charge is 0.492 e. The Kier molecular flexibility index (Phi) is 3.98. The zero-order chi connectivity index (χ0) is 12.1. The van der Waals surface area contributed by atoms with Gasteiger partial charge in [-0.25, -0.2) is 4.98 Å². The van der Waals surface area contributed by atoms with Gasteiger partial charge in [0.25, 0.3) is 0 Å². The van der Waals surface area contributed by atoms with Crippen molar-refractivity contribution in [2.24, 2.45) is 7.05 Å². The lowest BCUT2D eigenvalue weighted by molar-refractivity contribution is 0.316. The summed E-state index contributed by atoms with van der Waals surface area (Å²) in [6.45, 7) is 0.590. The van der Waals surface area contributed by atoms with E-state index >= 15 is 0 Å². The van der Waals surface area contributed by atoms with Crippen molar-refractivity contribution in [3.05, 3.63) is 42.2 Å². The van der Waals surface area contributed by atoms with Crippen LogP contribution in [-0.2, 0) is 19.3 Å². The molecule has 0 N–H and O–H groups in total. The van der Waals surface area contributed by atoms with Crippen molar-refractivity contribution in [2.75, 3.05) is 6.61 Å². The fraction of sp³-hybridized carbons (Fsp3) is 0.333. The van der Waals surface area contributed by atoms with E-state index in [4.69, 9.17) is 16.3 Å². The van der Waals surface area contributed by atoms with Crippen LogP contribution in [0.5, 0.6) is 5.75 Å². The summed E-state index contributed by atoms with van der Waals surface area (Å²) in [7, 11) is 1.97. The molecule has 0 bridgehead atoms. The number of alkyl halides is 1. The predicted octanol–water partition coefficient (Wildman–Crippen LogP) is 2.18. The normalized spacial score (nSPS) is 10.5. The molecule has 0 saturated heterocycles. The summed E-state index contributed by atoms with van der Waals surface area (Å²) in [5.74, 6) is 2.19. The highest BCUT2D eigenvalue weighted by molar-refractivity contribution is 6.16. The van der Waals surface area contributed by atoms with Crippen molar-refractivity contribution >= 4 is 11.6 Å². The van der Waals surface area contributed by atoms with Gasteiger partial charge in [-0.15, -0.1) is 11.6 Å². The number of pyridine rings is 1. The van der Waals surface area contributed by atoms with Crippen molar-refractivity contribution in [1.82, 2.24) is 14.5 Å². The van der Waals surface area contributed by atoms with Crippen molar-refractivity contribution in [3.63, 3.8) is 0 Å². The first-order valence-electron chi connectivity index (χ1n) is 5.39. The number of hydrogen-bond donors (Lipinski definition) is 0. The summed E-state index contributed by atoms with van der Waals surface area (Å²) in [5.41, 5.74) is 0.850.